The Balaban J connectivity index is 1.43. The molecule has 0 saturated carbocycles. The van der Waals surface area contributed by atoms with Gasteiger partial charge in [0, 0.05) is 50.0 Å². The predicted molar refractivity (Wildman–Crippen MR) is 116 cm³/mol. The average molecular weight is 406 g/mol. The van der Waals surface area contributed by atoms with Gasteiger partial charge in [0.15, 0.2) is 0 Å². The number of carbonyl (C=O) groups excluding carboxylic acids is 1. The van der Waals surface area contributed by atoms with Crippen LogP contribution in [0.15, 0.2) is 30.6 Å². The van der Waals surface area contributed by atoms with E-state index in [1.807, 2.05) is 18.5 Å². The Morgan fingerprint density at radius 3 is 2.73 bits per heavy atom. The molecule has 30 heavy (non-hydrogen) atoms. The zero-order chi connectivity index (χ0) is 20.7. The van der Waals surface area contributed by atoms with Gasteiger partial charge in [-0.25, -0.2) is 9.97 Å². The van der Waals surface area contributed by atoms with Crippen molar-refractivity contribution in [2.45, 2.75) is 26.3 Å². The highest BCUT2D eigenvalue weighted by atomic mass is 16.2. The van der Waals surface area contributed by atoms with Crippen molar-refractivity contribution >= 4 is 22.6 Å². The fraction of sp³-hybridized carbons (Fsp3) is 0.455. The van der Waals surface area contributed by atoms with Gasteiger partial charge < -0.3 is 20.1 Å². The van der Waals surface area contributed by atoms with Gasteiger partial charge in [-0.15, -0.1) is 0 Å². The molecule has 0 radical (unpaired) electrons. The van der Waals surface area contributed by atoms with Crippen molar-refractivity contribution in [3.63, 3.8) is 0 Å². The van der Waals surface area contributed by atoms with Crippen LogP contribution in [0.25, 0.3) is 11.0 Å². The second-order valence-electron chi connectivity index (χ2n) is 8.41. The van der Waals surface area contributed by atoms with E-state index in [1.54, 1.807) is 0 Å². The van der Waals surface area contributed by atoms with Gasteiger partial charge in [-0.05, 0) is 24.1 Å². The molecule has 1 fully saturated rings. The lowest BCUT2D eigenvalue weighted by molar-refractivity contribution is 0.0907. The van der Waals surface area contributed by atoms with Crippen molar-refractivity contribution in [3.05, 3.63) is 47.8 Å². The van der Waals surface area contributed by atoms with Crippen molar-refractivity contribution in [1.82, 2.24) is 30.2 Å². The lowest BCUT2D eigenvalue weighted by atomic mass is 10.0. The van der Waals surface area contributed by atoms with Crippen LogP contribution in [-0.4, -0.2) is 58.1 Å². The molecule has 0 unspecified atom stereocenters. The van der Waals surface area contributed by atoms with Crippen molar-refractivity contribution < 1.29 is 4.79 Å². The average Bonchev–Trinajstić information content (AvgIpc) is 3.15. The van der Waals surface area contributed by atoms with Crippen LogP contribution in [0.1, 0.15) is 41.9 Å². The molecule has 0 spiro atoms. The van der Waals surface area contributed by atoms with E-state index in [0.717, 1.165) is 54.4 Å². The lowest BCUT2D eigenvalue weighted by Gasteiger charge is -2.29. The van der Waals surface area contributed by atoms with E-state index >= 15 is 0 Å². The van der Waals surface area contributed by atoms with Gasteiger partial charge in [0.1, 0.15) is 17.2 Å². The molecule has 5 rings (SSSR count). The zero-order valence-electron chi connectivity index (χ0n) is 17.4. The summed E-state index contributed by atoms with van der Waals surface area (Å²) < 4.78 is 2.09. The number of hydrogen-bond acceptors (Lipinski definition) is 6. The van der Waals surface area contributed by atoms with Gasteiger partial charge in [-0.3, -0.25) is 9.78 Å². The summed E-state index contributed by atoms with van der Waals surface area (Å²) in [5.74, 6) is 1.06. The maximum atomic E-state index is 12.4. The summed E-state index contributed by atoms with van der Waals surface area (Å²) in [4.78, 5) is 28.7. The van der Waals surface area contributed by atoms with Crippen LogP contribution >= 0.6 is 0 Å². The van der Waals surface area contributed by atoms with Gasteiger partial charge in [-0.1, -0.05) is 13.8 Å². The molecule has 1 amide bonds. The SMILES string of the molecule is CC(C)[C@@H]1CNC(=O)c2cc3cnc(Cc4ccc(N5CCNCC5)cn4)nc3n21. The Bertz CT molecular complexity index is 1070. The van der Waals surface area contributed by atoms with Gasteiger partial charge in [-0.2, -0.15) is 0 Å². The van der Waals surface area contributed by atoms with Crippen LogP contribution in [0.5, 0.6) is 0 Å². The van der Waals surface area contributed by atoms with E-state index in [4.69, 9.17) is 4.98 Å². The number of nitrogens with zero attached hydrogens (tertiary/aromatic N) is 5. The topological polar surface area (TPSA) is 88.0 Å². The molecule has 2 N–H and O–H groups in total. The number of anilines is 1. The van der Waals surface area contributed by atoms with Crippen molar-refractivity contribution in [2.24, 2.45) is 5.92 Å². The van der Waals surface area contributed by atoms with E-state index in [-0.39, 0.29) is 11.9 Å². The molecule has 3 aromatic rings. The molecule has 8 heteroatoms. The Kier molecular flexibility index (Phi) is 4.86. The Hall–Kier alpha value is -3.00. The summed E-state index contributed by atoms with van der Waals surface area (Å²) in [6.45, 7) is 8.99. The molecule has 1 atom stereocenters. The van der Waals surface area contributed by atoms with Crippen molar-refractivity contribution in [2.75, 3.05) is 37.6 Å². The normalized spacial score (nSPS) is 19.2. The molecular weight excluding hydrogens is 378 g/mol. The number of nitrogens with one attached hydrogen (secondary N) is 2. The highest BCUT2D eigenvalue weighted by molar-refractivity contribution is 5.98. The van der Waals surface area contributed by atoms with Crippen LogP contribution in [0.3, 0.4) is 0 Å². The smallest absolute Gasteiger partial charge is 0.268 e. The molecule has 0 aromatic carbocycles. The van der Waals surface area contributed by atoms with E-state index < -0.39 is 0 Å². The summed E-state index contributed by atoms with van der Waals surface area (Å²) in [6.07, 6.45) is 4.33. The summed E-state index contributed by atoms with van der Waals surface area (Å²) in [6, 6.07) is 6.27. The molecule has 0 bridgehead atoms. The van der Waals surface area contributed by atoms with Crippen LogP contribution < -0.4 is 15.5 Å². The Labute approximate surface area is 175 Å². The van der Waals surface area contributed by atoms with E-state index in [0.29, 0.717) is 24.6 Å². The van der Waals surface area contributed by atoms with Crippen LogP contribution in [0.2, 0.25) is 0 Å². The Morgan fingerprint density at radius 2 is 2.00 bits per heavy atom. The predicted octanol–water partition coefficient (Wildman–Crippen LogP) is 1.77. The Morgan fingerprint density at radius 1 is 1.17 bits per heavy atom. The summed E-state index contributed by atoms with van der Waals surface area (Å²) >= 11 is 0. The fourth-order valence-electron chi connectivity index (χ4n) is 4.35. The zero-order valence-corrected chi connectivity index (χ0v) is 17.4. The molecule has 3 aromatic heterocycles. The first-order chi connectivity index (χ1) is 14.6. The van der Waals surface area contributed by atoms with Crippen LogP contribution in [-0.2, 0) is 6.42 Å². The maximum Gasteiger partial charge on any atom is 0.268 e. The summed E-state index contributed by atoms with van der Waals surface area (Å²) in [5, 5.41) is 7.26. The summed E-state index contributed by atoms with van der Waals surface area (Å²) in [7, 11) is 0. The van der Waals surface area contributed by atoms with Crippen LogP contribution in [0.4, 0.5) is 5.69 Å². The first-order valence-corrected chi connectivity index (χ1v) is 10.7. The quantitative estimate of drug-likeness (QED) is 0.688. The number of pyridine rings is 1. The fourth-order valence-corrected chi connectivity index (χ4v) is 4.35. The minimum absolute atomic E-state index is 0.0448. The number of hydrogen-bond donors (Lipinski definition) is 2. The number of aromatic nitrogens is 4. The number of amides is 1. The molecule has 2 aliphatic rings. The van der Waals surface area contributed by atoms with Gasteiger partial charge in [0.2, 0.25) is 0 Å². The molecule has 2 aliphatic heterocycles. The summed E-state index contributed by atoms with van der Waals surface area (Å²) in [5.41, 5.74) is 3.60. The van der Waals surface area contributed by atoms with Crippen molar-refractivity contribution in [3.8, 4) is 0 Å². The highest BCUT2D eigenvalue weighted by Crippen LogP contribution is 2.29. The molecule has 0 aliphatic carbocycles. The molecule has 8 nitrogen and oxygen atoms in total. The first kappa shape index (κ1) is 19.0. The standard InChI is InChI=1S/C22H27N7O/c1-14(2)19-13-26-22(30)18-9-15-11-25-20(27-21(15)29(18)19)10-16-3-4-17(12-24-16)28-7-5-23-6-8-28/h3-4,9,11-12,14,19,23H,5-8,10,13H2,1-2H3,(H,26,30)/t19-/m0/s1. The number of rotatable bonds is 4. The highest BCUT2D eigenvalue weighted by Gasteiger charge is 2.29. The lowest BCUT2D eigenvalue weighted by Crippen LogP contribution is -2.43. The molecule has 1 saturated heterocycles. The first-order valence-electron chi connectivity index (χ1n) is 10.7. The third kappa shape index (κ3) is 3.41. The van der Waals surface area contributed by atoms with E-state index in [1.165, 1.54) is 0 Å². The number of carbonyl (C=O) groups is 1. The second-order valence-corrected chi connectivity index (χ2v) is 8.41. The van der Waals surface area contributed by atoms with Crippen molar-refractivity contribution in [1.29, 1.82) is 0 Å². The molecule has 156 valence electrons. The molecular formula is C22H27N7O. The second kappa shape index (κ2) is 7.68. The molecule has 5 heterocycles. The number of piperazine rings is 1. The van der Waals surface area contributed by atoms with Crippen LogP contribution in [0, 0.1) is 5.92 Å². The van der Waals surface area contributed by atoms with E-state index in [9.17, 15) is 4.79 Å². The number of fused-ring (bicyclic) bond motifs is 3. The van der Waals surface area contributed by atoms with Gasteiger partial charge >= 0.3 is 0 Å². The minimum Gasteiger partial charge on any atom is -0.368 e. The maximum absolute atomic E-state index is 12.4. The minimum atomic E-state index is -0.0448. The largest absolute Gasteiger partial charge is 0.368 e. The third-order valence-electron chi connectivity index (χ3n) is 6.06. The third-order valence-corrected chi connectivity index (χ3v) is 6.06. The van der Waals surface area contributed by atoms with Gasteiger partial charge in [0.25, 0.3) is 5.91 Å². The monoisotopic (exact) mass is 405 g/mol. The van der Waals surface area contributed by atoms with E-state index in [2.05, 4.69) is 56.0 Å². The van der Waals surface area contributed by atoms with Gasteiger partial charge in [0.05, 0.1) is 24.3 Å².